The van der Waals surface area contributed by atoms with Crippen molar-refractivity contribution in [2.45, 2.75) is 32.7 Å². The number of aromatic nitrogens is 3. The van der Waals surface area contributed by atoms with Crippen LogP contribution in [-0.4, -0.2) is 40.2 Å². The third-order valence-electron chi connectivity index (χ3n) is 3.47. The van der Waals surface area contributed by atoms with Gasteiger partial charge in [-0.2, -0.15) is 0 Å². The Hall–Kier alpha value is -1.05. The highest BCUT2D eigenvalue weighted by atomic mass is 32.1. The number of nitrogens with zero attached hydrogens (tertiary/aromatic N) is 4. The van der Waals surface area contributed by atoms with Gasteiger partial charge in [-0.25, -0.2) is 4.98 Å². The number of nitrogens with one attached hydrogen (secondary N) is 1. The molecule has 1 aliphatic heterocycles. The maximum absolute atomic E-state index is 4.80. The predicted octanol–water partition coefficient (Wildman–Crippen LogP) is 2.86. The number of hydrogen-bond donors (Lipinski definition) is 1. The van der Waals surface area contributed by atoms with Gasteiger partial charge in [0, 0.05) is 7.05 Å². The van der Waals surface area contributed by atoms with E-state index in [1.165, 1.54) is 35.8 Å². The molecule has 3 rings (SSSR count). The predicted molar refractivity (Wildman–Crippen MR) is 84.5 cm³/mol. The SMILES string of the molecule is CCc1nc(CN2CCCC2)sc1-c1nnc(NC)s1. The molecule has 1 fully saturated rings. The fourth-order valence-corrected chi connectivity index (χ4v) is 4.41. The van der Waals surface area contributed by atoms with Crippen LogP contribution in [0.2, 0.25) is 0 Å². The van der Waals surface area contributed by atoms with Crippen LogP contribution < -0.4 is 5.32 Å². The van der Waals surface area contributed by atoms with E-state index in [9.17, 15) is 0 Å². The second-order valence-corrected chi connectivity index (χ2v) is 6.94. The summed E-state index contributed by atoms with van der Waals surface area (Å²) in [7, 11) is 1.87. The van der Waals surface area contributed by atoms with Gasteiger partial charge in [0.05, 0.1) is 17.1 Å². The van der Waals surface area contributed by atoms with Crippen LogP contribution in [-0.2, 0) is 13.0 Å². The maximum atomic E-state index is 4.80. The van der Waals surface area contributed by atoms with Gasteiger partial charge < -0.3 is 5.32 Å². The standard InChI is InChI=1S/C13H19N5S2/c1-3-9-11(12-16-17-13(14-2)20-12)19-10(15-9)8-18-6-4-5-7-18/h3-8H2,1-2H3,(H,14,17). The molecule has 2 aromatic heterocycles. The molecule has 0 spiro atoms. The zero-order valence-electron chi connectivity index (χ0n) is 11.8. The first kappa shape index (κ1) is 13.9. The van der Waals surface area contributed by atoms with Crippen molar-refractivity contribution in [3.05, 3.63) is 10.7 Å². The van der Waals surface area contributed by atoms with Crippen molar-refractivity contribution in [2.24, 2.45) is 0 Å². The fraction of sp³-hybridized carbons (Fsp3) is 0.615. The summed E-state index contributed by atoms with van der Waals surface area (Å²) in [5.74, 6) is 0. The highest BCUT2D eigenvalue weighted by Gasteiger charge is 2.19. The average molecular weight is 309 g/mol. The van der Waals surface area contributed by atoms with Crippen molar-refractivity contribution >= 4 is 27.8 Å². The van der Waals surface area contributed by atoms with Crippen LogP contribution in [0.1, 0.15) is 30.5 Å². The molecular weight excluding hydrogens is 290 g/mol. The molecule has 0 bridgehead atoms. The molecule has 2 aromatic rings. The van der Waals surface area contributed by atoms with Crippen LogP contribution in [0.25, 0.3) is 9.88 Å². The normalized spacial score (nSPS) is 15.9. The number of hydrogen-bond acceptors (Lipinski definition) is 7. The second-order valence-electron chi connectivity index (χ2n) is 4.88. The van der Waals surface area contributed by atoms with Crippen molar-refractivity contribution in [1.29, 1.82) is 0 Å². The van der Waals surface area contributed by atoms with E-state index in [0.717, 1.165) is 28.8 Å². The minimum absolute atomic E-state index is 0.858. The van der Waals surface area contributed by atoms with E-state index < -0.39 is 0 Å². The van der Waals surface area contributed by atoms with Gasteiger partial charge in [-0.1, -0.05) is 18.3 Å². The quantitative estimate of drug-likeness (QED) is 0.920. The van der Waals surface area contributed by atoms with Gasteiger partial charge in [0.15, 0.2) is 5.01 Å². The molecule has 0 amide bonds. The van der Waals surface area contributed by atoms with E-state index in [4.69, 9.17) is 4.98 Å². The Morgan fingerprint density at radius 3 is 2.65 bits per heavy atom. The van der Waals surface area contributed by atoms with E-state index in [-0.39, 0.29) is 0 Å². The number of aryl methyl sites for hydroxylation is 1. The lowest BCUT2D eigenvalue weighted by atomic mass is 10.3. The van der Waals surface area contributed by atoms with E-state index >= 15 is 0 Å². The first-order valence-electron chi connectivity index (χ1n) is 7.02. The zero-order chi connectivity index (χ0) is 13.9. The average Bonchev–Trinajstić information content (AvgIpc) is 3.18. The zero-order valence-corrected chi connectivity index (χ0v) is 13.5. The maximum Gasteiger partial charge on any atom is 0.205 e. The molecule has 1 saturated heterocycles. The Bertz CT molecular complexity index is 571. The molecule has 0 unspecified atom stereocenters. The summed E-state index contributed by atoms with van der Waals surface area (Å²) in [6, 6.07) is 0. The van der Waals surface area contributed by atoms with Gasteiger partial charge in [0.25, 0.3) is 0 Å². The third-order valence-corrected chi connectivity index (χ3v) is 5.64. The molecule has 108 valence electrons. The number of rotatable bonds is 5. The molecule has 0 aliphatic carbocycles. The van der Waals surface area contributed by atoms with Gasteiger partial charge >= 0.3 is 0 Å². The highest BCUT2D eigenvalue weighted by molar-refractivity contribution is 7.23. The summed E-state index contributed by atoms with van der Waals surface area (Å²) in [4.78, 5) is 8.48. The van der Waals surface area contributed by atoms with Crippen LogP contribution in [0.4, 0.5) is 5.13 Å². The number of thiazole rings is 1. The highest BCUT2D eigenvalue weighted by Crippen LogP contribution is 2.34. The molecule has 5 nitrogen and oxygen atoms in total. The Morgan fingerprint density at radius 2 is 2.00 bits per heavy atom. The summed E-state index contributed by atoms with van der Waals surface area (Å²) in [5, 5.41) is 14.5. The molecule has 0 saturated carbocycles. The molecule has 1 aliphatic rings. The van der Waals surface area contributed by atoms with E-state index in [0.29, 0.717) is 0 Å². The lowest BCUT2D eigenvalue weighted by Gasteiger charge is -2.11. The van der Waals surface area contributed by atoms with Crippen LogP contribution >= 0.6 is 22.7 Å². The summed E-state index contributed by atoms with van der Waals surface area (Å²) in [6.45, 7) is 5.55. The summed E-state index contributed by atoms with van der Waals surface area (Å²) >= 11 is 3.37. The third kappa shape index (κ3) is 2.84. The summed E-state index contributed by atoms with van der Waals surface area (Å²) < 4.78 is 0. The molecule has 3 heterocycles. The Labute approximate surface area is 127 Å². The minimum atomic E-state index is 0.858. The van der Waals surface area contributed by atoms with Crippen LogP contribution in [0.15, 0.2) is 0 Å². The summed E-state index contributed by atoms with van der Waals surface area (Å²) in [5.41, 5.74) is 1.16. The molecule has 0 atom stereocenters. The monoisotopic (exact) mass is 309 g/mol. The van der Waals surface area contributed by atoms with Crippen LogP contribution in [0, 0.1) is 0 Å². The van der Waals surface area contributed by atoms with Crippen molar-refractivity contribution in [2.75, 3.05) is 25.5 Å². The molecule has 0 aromatic carbocycles. The van der Waals surface area contributed by atoms with E-state index in [1.807, 2.05) is 7.05 Å². The first-order valence-corrected chi connectivity index (χ1v) is 8.66. The van der Waals surface area contributed by atoms with Crippen molar-refractivity contribution < 1.29 is 0 Å². The smallest absolute Gasteiger partial charge is 0.205 e. The molecule has 1 N–H and O–H groups in total. The Morgan fingerprint density at radius 1 is 1.20 bits per heavy atom. The van der Waals surface area contributed by atoms with Crippen molar-refractivity contribution in [3.63, 3.8) is 0 Å². The van der Waals surface area contributed by atoms with Gasteiger partial charge in [-0.05, 0) is 32.4 Å². The molecule has 0 radical (unpaired) electrons. The first-order chi connectivity index (χ1) is 9.80. The Kier molecular flexibility index (Phi) is 4.28. The van der Waals surface area contributed by atoms with Gasteiger partial charge in [0.2, 0.25) is 5.13 Å². The van der Waals surface area contributed by atoms with E-state index in [1.54, 1.807) is 22.7 Å². The van der Waals surface area contributed by atoms with Gasteiger partial charge in [-0.15, -0.1) is 21.5 Å². The van der Waals surface area contributed by atoms with E-state index in [2.05, 4.69) is 27.3 Å². The topological polar surface area (TPSA) is 53.9 Å². The lowest BCUT2D eigenvalue weighted by Crippen LogP contribution is -2.18. The molecule has 20 heavy (non-hydrogen) atoms. The largest absolute Gasteiger partial charge is 0.363 e. The van der Waals surface area contributed by atoms with Crippen LogP contribution in [0.3, 0.4) is 0 Å². The lowest BCUT2D eigenvalue weighted by molar-refractivity contribution is 0.330. The van der Waals surface area contributed by atoms with Crippen molar-refractivity contribution in [1.82, 2.24) is 20.1 Å². The Balaban J connectivity index is 1.84. The fourth-order valence-electron chi connectivity index (χ4n) is 2.42. The summed E-state index contributed by atoms with van der Waals surface area (Å²) in [6.07, 6.45) is 3.59. The molecule has 7 heteroatoms. The van der Waals surface area contributed by atoms with Crippen molar-refractivity contribution in [3.8, 4) is 9.88 Å². The van der Waals surface area contributed by atoms with Gasteiger partial charge in [0.1, 0.15) is 5.01 Å². The number of likely N-dealkylation sites (tertiary alicyclic amines) is 1. The second kappa shape index (κ2) is 6.15. The number of anilines is 1. The molecular formula is C13H19N5S2. The minimum Gasteiger partial charge on any atom is -0.363 e. The van der Waals surface area contributed by atoms with Crippen LogP contribution in [0.5, 0.6) is 0 Å². The van der Waals surface area contributed by atoms with Gasteiger partial charge in [-0.3, -0.25) is 4.90 Å².